The summed E-state index contributed by atoms with van der Waals surface area (Å²) in [6, 6.07) is 4.09. The Morgan fingerprint density at radius 3 is 2.60 bits per heavy atom. The molecule has 3 amide bonds. The molecule has 8 heteroatoms. The summed E-state index contributed by atoms with van der Waals surface area (Å²) >= 11 is 0. The fourth-order valence-electron chi connectivity index (χ4n) is 4.10. The van der Waals surface area contributed by atoms with Crippen LogP contribution in [0.15, 0.2) is 18.2 Å². The van der Waals surface area contributed by atoms with Crippen LogP contribution in [0.3, 0.4) is 0 Å². The lowest BCUT2D eigenvalue weighted by Gasteiger charge is -2.26. The third-order valence-corrected chi connectivity index (χ3v) is 7.22. The molecule has 0 saturated carbocycles. The molecule has 2 N–H and O–H groups in total. The molecule has 0 aromatic heterocycles. The van der Waals surface area contributed by atoms with Crippen LogP contribution in [-0.4, -0.2) is 54.0 Å². The zero-order chi connectivity index (χ0) is 18.0. The van der Waals surface area contributed by atoms with Crippen molar-refractivity contribution in [3.05, 3.63) is 34.9 Å². The molecule has 25 heavy (non-hydrogen) atoms. The first-order valence-corrected chi connectivity index (χ1v) is 10.2. The fraction of sp³-hybridized carbons (Fsp3) is 0.529. The normalized spacial score (nSPS) is 33.6. The molecular formula is C17H20N2O5S. The molecule has 3 atom stereocenters. The first-order valence-electron chi connectivity index (χ1n) is 8.38. The largest absolute Gasteiger partial charge is 0.390 e. The summed E-state index contributed by atoms with van der Waals surface area (Å²) in [4.78, 5) is 26.3. The number of sulfone groups is 1. The number of hydrogen-bond acceptors (Lipinski definition) is 5. The van der Waals surface area contributed by atoms with E-state index in [4.69, 9.17) is 0 Å². The molecule has 2 saturated heterocycles. The van der Waals surface area contributed by atoms with E-state index in [2.05, 4.69) is 5.32 Å². The molecule has 1 aromatic rings. The molecule has 1 aliphatic carbocycles. The van der Waals surface area contributed by atoms with Crippen molar-refractivity contribution in [1.29, 1.82) is 0 Å². The molecule has 0 unspecified atom stereocenters. The molecule has 134 valence electrons. The number of carbonyl (C=O) groups is 2. The summed E-state index contributed by atoms with van der Waals surface area (Å²) in [5, 5.41) is 12.7. The number of imide groups is 1. The Morgan fingerprint density at radius 2 is 1.92 bits per heavy atom. The Kier molecular flexibility index (Phi) is 3.49. The van der Waals surface area contributed by atoms with Crippen LogP contribution in [0, 0.1) is 0 Å². The molecule has 2 aliphatic heterocycles. The van der Waals surface area contributed by atoms with Crippen LogP contribution in [0.5, 0.6) is 0 Å². The number of aliphatic hydroxyl groups excluding tert-OH is 1. The topological polar surface area (TPSA) is 104 Å². The van der Waals surface area contributed by atoms with Gasteiger partial charge in [-0.15, -0.1) is 0 Å². The predicted molar refractivity (Wildman–Crippen MR) is 89.6 cm³/mol. The molecule has 2 fully saturated rings. The minimum Gasteiger partial charge on any atom is -0.390 e. The van der Waals surface area contributed by atoms with Crippen LogP contribution in [0.2, 0.25) is 0 Å². The lowest BCUT2D eigenvalue weighted by Crippen LogP contribution is -2.48. The van der Waals surface area contributed by atoms with E-state index in [1.165, 1.54) is 11.1 Å². The Balaban J connectivity index is 1.69. The van der Waals surface area contributed by atoms with Gasteiger partial charge in [0.25, 0.3) is 5.91 Å². The van der Waals surface area contributed by atoms with Crippen LogP contribution in [-0.2, 0) is 33.0 Å². The second-order valence-electron chi connectivity index (χ2n) is 7.28. The maximum Gasteiger partial charge on any atom is 0.325 e. The zero-order valence-electron chi connectivity index (χ0n) is 13.9. The van der Waals surface area contributed by atoms with Crippen molar-refractivity contribution in [3.8, 4) is 0 Å². The second kappa shape index (κ2) is 5.28. The van der Waals surface area contributed by atoms with E-state index < -0.39 is 51.0 Å². The Labute approximate surface area is 145 Å². The molecule has 3 aliphatic rings. The number of nitrogens with one attached hydrogen (secondary N) is 1. The van der Waals surface area contributed by atoms with Crippen molar-refractivity contribution in [2.75, 3.05) is 11.5 Å². The summed E-state index contributed by atoms with van der Waals surface area (Å²) in [5.74, 6) is -1.34. The number of amides is 3. The van der Waals surface area contributed by atoms with Gasteiger partial charge in [-0.3, -0.25) is 9.69 Å². The number of aryl methyl sites for hydroxylation is 2. The molecule has 0 spiro atoms. The van der Waals surface area contributed by atoms with Crippen molar-refractivity contribution >= 4 is 21.8 Å². The number of aliphatic hydroxyl groups is 1. The Morgan fingerprint density at radius 1 is 1.20 bits per heavy atom. The number of urea groups is 1. The average Bonchev–Trinajstić information content (AvgIpc) is 3.15. The van der Waals surface area contributed by atoms with E-state index in [1.807, 2.05) is 18.2 Å². The van der Waals surface area contributed by atoms with E-state index in [0.717, 1.165) is 24.2 Å². The van der Waals surface area contributed by atoms with Crippen LogP contribution in [0.4, 0.5) is 4.79 Å². The number of hydrogen-bond donors (Lipinski definition) is 2. The van der Waals surface area contributed by atoms with Gasteiger partial charge in [-0.05, 0) is 42.9 Å². The number of nitrogens with zero attached hydrogens (tertiary/aromatic N) is 1. The lowest BCUT2D eigenvalue weighted by molar-refractivity contribution is -0.133. The molecule has 0 bridgehead atoms. The first kappa shape index (κ1) is 16.5. The van der Waals surface area contributed by atoms with Crippen LogP contribution < -0.4 is 5.32 Å². The number of fused-ring (bicyclic) bond motifs is 1. The fourth-order valence-corrected chi connectivity index (χ4v) is 5.87. The second-order valence-corrected chi connectivity index (χ2v) is 9.43. The van der Waals surface area contributed by atoms with Gasteiger partial charge >= 0.3 is 6.03 Å². The van der Waals surface area contributed by atoms with E-state index in [-0.39, 0.29) is 0 Å². The molecule has 7 nitrogen and oxygen atoms in total. The Hall–Kier alpha value is -1.93. The summed E-state index contributed by atoms with van der Waals surface area (Å²) < 4.78 is 23.5. The standard InChI is InChI=1S/C17H20N2O5S/c1-17(12-6-5-10-3-2-4-11(10)7-12)15(21)19(16(22)18-17)13-8-25(23,24)9-14(13)20/h5-7,13-14,20H,2-4,8-9H2,1H3,(H,18,22)/t13-,14+,17+/m1/s1. The van der Waals surface area contributed by atoms with Crippen molar-refractivity contribution < 1.29 is 23.1 Å². The van der Waals surface area contributed by atoms with Gasteiger partial charge in [-0.25, -0.2) is 13.2 Å². The van der Waals surface area contributed by atoms with Gasteiger partial charge in [0, 0.05) is 0 Å². The van der Waals surface area contributed by atoms with Gasteiger partial charge in [0.2, 0.25) is 0 Å². The van der Waals surface area contributed by atoms with E-state index in [0.29, 0.717) is 5.56 Å². The maximum absolute atomic E-state index is 13.0. The van der Waals surface area contributed by atoms with E-state index in [9.17, 15) is 23.1 Å². The summed E-state index contributed by atoms with van der Waals surface area (Å²) in [6.07, 6.45) is 1.80. The van der Waals surface area contributed by atoms with Crippen molar-refractivity contribution in [3.63, 3.8) is 0 Å². The minimum absolute atomic E-state index is 0.395. The van der Waals surface area contributed by atoms with Gasteiger partial charge in [-0.1, -0.05) is 18.2 Å². The highest BCUT2D eigenvalue weighted by Crippen LogP contribution is 2.34. The quantitative estimate of drug-likeness (QED) is 0.725. The molecule has 1 aromatic carbocycles. The highest BCUT2D eigenvalue weighted by atomic mass is 32.2. The van der Waals surface area contributed by atoms with Gasteiger partial charge in [0.05, 0.1) is 23.7 Å². The van der Waals surface area contributed by atoms with Gasteiger partial charge < -0.3 is 10.4 Å². The van der Waals surface area contributed by atoms with E-state index >= 15 is 0 Å². The van der Waals surface area contributed by atoms with Crippen molar-refractivity contribution in [2.24, 2.45) is 0 Å². The zero-order valence-corrected chi connectivity index (χ0v) is 14.7. The predicted octanol–water partition coefficient (Wildman–Crippen LogP) is 0.100. The smallest absolute Gasteiger partial charge is 0.325 e. The van der Waals surface area contributed by atoms with Crippen LogP contribution in [0.25, 0.3) is 0 Å². The summed E-state index contributed by atoms with van der Waals surface area (Å²) in [7, 11) is -3.46. The summed E-state index contributed by atoms with van der Waals surface area (Å²) in [6.45, 7) is 1.62. The number of benzene rings is 1. The lowest BCUT2D eigenvalue weighted by atomic mass is 9.89. The third kappa shape index (κ3) is 2.46. The summed E-state index contributed by atoms with van der Waals surface area (Å²) in [5.41, 5.74) is 1.88. The molecule has 0 radical (unpaired) electrons. The third-order valence-electron chi connectivity index (χ3n) is 5.52. The van der Waals surface area contributed by atoms with Crippen molar-refractivity contribution in [1.82, 2.24) is 10.2 Å². The van der Waals surface area contributed by atoms with Gasteiger partial charge in [-0.2, -0.15) is 0 Å². The molecular weight excluding hydrogens is 344 g/mol. The number of rotatable bonds is 2. The highest BCUT2D eigenvalue weighted by molar-refractivity contribution is 7.91. The highest BCUT2D eigenvalue weighted by Gasteiger charge is 2.55. The average molecular weight is 364 g/mol. The monoisotopic (exact) mass is 364 g/mol. The van der Waals surface area contributed by atoms with E-state index in [1.54, 1.807) is 6.92 Å². The van der Waals surface area contributed by atoms with Gasteiger partial charge in [0.15, 0.2) is 9.84 Å². The number of carbonyl (C=O) groups excluding carboxylic acids is 2. The maximum atomic E-state index is 13.0. The van der Waals surface area contributed by atoms with Crippen LogP contribution in [0.1, 0.15) is 30.0 Å². The molecule has 4 rings (SSSR count). The first-order chi connectivity index (χ1) is 11.7. The van der Waals surface area contributed by atoms with Crippen LogP contribution >= 0.6 is 0 Å². The van der Waals surface area contributed by atoms with Crippen molar-refractivity contribution in [2.45, 2.75) is 43.9 Å². The minimum atomic E-state index is -3.46. The van der Waals surface area contributed by atoms with Gasteiger partial charge in [0.1, 0.15) is 5.54 Å². The molecule has 2 heterocycles. The SMILES string of the molecule is C[C@@]1(c2ccc3c(c2)CCC3)NC(=O)N([C@@H]2CS(=O)(=O)C[C@@H]2O)C1=O. The Bertz CT molecular complexity index is 881.